The monoisotopic (exact) mass is 436 g/mol. The lowest BCUT2D eigenvalue weighted by Gasteiger charge is -2.38. The summed E-state index contributed by atoms with van der Waals surface area (Å²) in [4.78, 5) is 17.7. The van der Waals surface area contributed by atoms with Crippen molar-refractivity contribution in [2.45, 2.75) is 66.0 Å². The van der Waals surface area contributed by atoms with Crippen molar-refractivity contribution in [1.29, 1.82) is 0 Å². The largest absolute Gasteiger partial charge is 0.398 e. The van der Waals surface area contributed by atoms with Gasteiger partial charge in [-0.3, -0.25) is 4.79 Å². The number of piperidine rings is 1. The first-order chi connectivity index (χ1) is 15.2. The van der Waals surface area contributed by atoms with E-state index in [9.17, 15) is 4.79 Å². The van der Waals surface area contributed by atoms with Gasteiger partial charge in [0.15, 0.2) is 0 Å². The van der Waals surface area contributed by atoms with Crippen molar-refractivity contribution >= 4 is 17.3 Å². The van der Waals surface area contributed by atoms with Crippen molar-refractivity contribution in [1.82, 2.24) is 9.80 Å². The first kappa shape index (κ1) is 24.1. The summed E-state index contributed by atoms with van der Waals surface area (Å²) in [6.07, 6.45) is 3.14. The van der Waals surface area contributed by atoms with Gasteiger partial charge >= 0.3 is 0 Å². The van der Waals surface area contributed by atoms with Gasteiger partial charge in [-0.25, -0.2) is 0 Å². The molecule has 32 heavy (non-hydrogen) atoms. The highest BCUT2D eigenvalue weighted by atomic mass is 16.2. The van der Waals surface area contributed by atoms with E-state index in [1.165, 1.54) is 5.56 Å². The van der Waals surface area contributed by atoms with Crippen LogP contribution in [-0.4, -0.2) is 54.5 Å². The fourth-order valence-corrected chi connectivity index (χ4v) is 4.78. The molecule has 1 unspecified atom stereocenters. The van der Waals surface area contributed by atoms with E-state index in [1.807, 2.05) is 32.7 Å². The first-order valence-electron chi connectivity index (χ1n) is 11.9. The van der Waals surface area contributed by atoms with E-state index < -0.39 is 0 Å². The number of likely N-dealkylation sites (N-methyl/N-ethyl adjacent to an activating group) is 1. The van der Waals surface area contributed by atoms with Gasteiger partial charge in [0.1, 0.15) is 6.04 Å². The SMILES string of the molecule is Cc1c(C)c(NC(C)C(=O)N(C)C2CCN(CCc3ccccc3)CC2)c(C)c(C)c1N. The van der Waals surface area contributed by atoms with Crippen molar-refractivity contribution < 1.29 is 4.79 Å². The van der Waals surface area contributed by atoms with E-state index in [1.54, 1.807) is 0 Å². The molecule has 1 amide bonds. The molecular formula is C27H40N4O. The van der Waals surface area contributed by atoms with Crippen LogP contribution in [0.1, 0.15) is 47.6 Å². The van der Waals surface area contributed by atoms with Crippen LogP contribution in [0.4, 0.5) is 11.4 Å². The molecule has 3 N–H and O–H groups in total. The highest BCUT2D eigenvalue weighted by Gasteiger charge is 2.28. The second-order valence-corrected chi connectivity index (χ2v) is 9.41. The highest BCUT2D eigenvalue weighted by Crippen LogP contribution is 2.32. The number of likely N-dealkylation sites (tertiary alicyclic amines) is 1. The lowest BCUT2D eigenvalue weighted by molar-refractivity contribution is -0.133. The molecule has 0 aromatic heterocycles. The van der Waals surface area contributed by atoms with Gasteiger partial charge in [-0.05, 0) is 81.7 Å². The van der Waals surface area contributed by atoms with Crippen LogP contribution in [0.5, 0.6) is 0 Å². The summed E-state index contributed by atoms with van der Waals surface area (Å²) < 4.78 is 0. The maximum atomic E-state index is 13.2. The topological polar surface area (TPSA) is 61.6 Å². The summed E-state index contributed by atoms with van der Waals surface area (Å²) in [7, 11) is 1.96. The highest BCUT2D eigenvalue weighted by molar-refractivity contribution is 5.85. The quantitative estimate of drug-likeness (QED) is 0.629. The van der Waals surface area contributed by atoms with Crippen LogP contribution in [-0.2, 0) is 11.2 Å². The third-order valence-electron chi connectivity index (χ3n) is 7.43. The number of nitrogens with zero attached hydrogens (tertiary/aromatic N) is 2. The normalized spacial score (nSPS) is 16.1. The molecule has 1 saturated heterocycles. The van der Waals surface area contributed by atoms with Crippen LogP contribution in [0.25, 0.3) is 0 Å². The van der Waals surface area contributed by atoms with Gasteiger partial charge in [0.05, 0.1) is 0 Å². The Morgan fingerprint density at radius 1 is 1.06 bits per heavy atom. The van der Waals surface area contributed by atoms with E-state index in [2.05, 4.69) is 54.4 Å². The molecule has 2 aromatic carbocycles. The molecule has 5 nitrogen and oxygen atoms in total. The molecule has 1 fully saturated rings. The zero-order chi connectivity index (χ0) is 23.4. The number of amides is 1. The van der Waals surface area contributed by atoms with Gasteiger partial charge in [0.25, 0.3) is 0 Å². The minimum Gasteiger partial charge on any atom is -0.398 e. The molecule has 1 atom stereocenters. The van der Waals surface area contributed by atoms with Crippen LogP contribution in [0.3, 0.4) is 0 Å². The zero-order valence-corrected chi connectivity index (χ0v) is 20.7. The van der Waals surface area contributed by atoms with E-state index >= 15 is 0 Å². The van der Waals surface area contributed by atoms with Gasteiger partial charge in [-0.2, -0.15) is 0 Å². The maximum Gasteiger partial charge on any atom is 0.244 e. The summed E-state index contributed by atoms with van der Waals surface area (Å²) >= 11 is 0. The Morgan fingerprint density at radius 2 is 1.62 bits per heavy atom. The summed E-state index contributed by atoms with van der Waals surface area (Å²) in [5, 5.41) is 3.50. The summed E-state index contributed by atoms with van der Waals surface area (Å²) in [5.41, 5.74) is 14.0. The standard InChI is InChI=1S/C27H40N4O/c1-18-20(3)26(21(4)19(2)25(18)28)29-22(5)27(32)30(6)24-13-16-31(17-14-24)15-12-23-10-8-7-9-11-23/h7-11,22,24,29H,12-17,28H2,1-6H3. The Labute approximate surface area is 194 Å². The van der Waals surface area contributed by atoms with Gasteiger partial charge in [-0.1, -0.05) is 30.3 Å². The van der Waals surface area contributed by atoms with Gasteiger partial charge < -0.3 is 20.9 Å². The first-order valence-corrected chi connectivity index (χ1v) is 11.9. The van der Waals surface area contributed by atoms with Crippen LogP contribution >= 0.6 is 0 Å². The molecule has 3 rings (SSSR count). The van der Waals surface area contributed by atoms with Crippen LogP contribution in [0.2, 0.25) is 0 Å². The third kappa shape index (κ3) is 5.26. The van der Waals surface area contributed by atoms with Crippen LogP contribution < -0.4 is 11.1 Å². The summed E-state index contributed by atoms with van der Waals surface area (Å²) in [6, 6.07) is 10.7. The van der Waals surface area contributed by atoms with Crippen molar-refractivity contribution in [2.24, 2.45) is 0 Å². The number of rotatable bonds is 7. The second-order valence-electron chi connectivity index (χ2n) is 9.41. The van der Waals surface area contributed by atoms with E-state index in [-0.39, 0.29) is 11.9 Å². The maximum absolute atomic E-state index is 13.2. The van der Waals surface area contributed by atoms with Gasteiger partial charge in [-0.15, -0.1) is 0 Å². The van der Waals surface area contributed by atoms with E-state index in [4.69, 9.17) is 5.73 Å². The Hall–Kier alpha value is -2.53. The Kier molecular flexibility index (Phi) is 7.83. The molecule has 1 aliphatic rings. The Morgan fingerprint density at radius 3 is 2.19 bits per heavy atom. The molecule has 2 aromatic rings. The number of nitrogens with two attached hydrogens (primary N) is 1. The van der Waals surface area contributed by atoms with Crippen LogP contribution in [0, 0.1) is 27.7 Å². The molecule has 5 heteroatoms. The molecule has 0 radical (unpaired) electrons. The zero-order valence-electron chi connectivity index (χ0n) is 20.7. The molecule has 1 aliphatic heterocycles. The fourth-order valence-electron chi connectivity index (χ4n) is 4.78. The van der Waals surface area contributed by atoms with E-state index in [0.717, 1.165) is 72.5 Å². The molecule has 1 heterocycles. The van der Waals surface area contributed by atoms with Gasteiger partial charge in [0.2, 0.25) is 5.91 Å². The van der Waals surface area contributed by atoms with E-state index in [0.29, 0.717) is 6.04 Å². The number of anilines is 2. The number of hydrogen-bond donors (Lipinski definition) is 2. The Balaban J connectivity index is 1.55. The molecule has 0 bridgehead atoms. The number of benzene rings is 2. The minimum absolute atomic E-state index is 0.152. The number of nitrogen functional groups attached to an aromatic ring is 1. The van der Waals surface area contributed by atoms with Crippen molar-refractivity contribution in [2.75, 3.05) is 37.7 Å². The molecule has 0 spiro atoms. The Bertz CT molecular complexity index is 903. The molecule has 0 saturated carbocycles. The third-order valence-corrected chi connectivity index (χ3v) is 7.43. The number of hydrogen-bond acceptors (Lipinski definition) is 4. The predicted molar refractivity (Wildman–Crippen MR) is 135 cm³/mol. The lowest BCUT2D eigenvalue weighted by Crippen LogP contribution is -2.49. The number of carbonyl (C=O) groups is 1. The lowest BCUT2D eigenvalue weighted by atomic mass is 9.95. The molecule has 174 valence electrons. The average molecular weight is 437 g/mol. The average Bonchev–Trinajstić information content (AvgIpc) is 2.82. The van der Waals surface area contributed by atoms with Crippen LogP contribution in [0.15, 0.2) is 30.3 Å². The molecular weight excluding hydrogens is 396 g/mol. The fraction of sp³-hybridized carbons (Fsp3) is 0.519. The summed E-state index contributed by atoms with van der Waals surface area (Å²) in [6.45, 7) is 13.4. The predicted octanol–water partition coefficient (Wildman–Crippen LogP) is 4.47. The van der Waals surface area contributed by atoms with Crippen molar-refractivity contribution in [3.8, 4) is 0 Å². The second kappa shape index (κ2) is 10.4. The minimum atomic E-state index is -0.282. The number of carbonyl (C=O) groups excluding carboxylic acids is 1. The number of nitrogens with one attached hydrogen (secondary N) is 1. The van der Waals surface area contributed by atoms with Crippen molar-refractivity contribution in [3.05, 3.63) is 58.1 Å². The smallest absolute Gasteiger partial charge is 0.244 e. The summed E-state index contributed by atoms with van der Waals surface area (Å²) in [5.74, 6) is 0.152. The van der Waals surface area contributed by atoms with Gasteiger partial charge in [0, 0.05) is 44.1 Å². The molecule has 0 aliphatic carbocycles. The van der Waals surface area contributed by atoms with Crippen molar-refractivity contribution in [3.63, 3.8) is 0 Å².